The first kappa shape index (κ1) is 22.6. The summed E-state index contributed by atoms with van der Waals surface area (Å²) in [6.07, 6.45) is 0. The standard InChI is InChI=1S/C21H22ClN5O3S/c1-13-5-4-6-14(9-13)20(29)23-11-18-25-26-21(27(18)2)31-12-19(28)24-16-10-15(22)7-8-17(16)30-3/h4-10H,11-12H2,1-3H3,(H,23,29)(H,24,28). The van der Waals surface area contributed by atoms with Gasteiger partial charge >= 0.3 is 0 Å². The summed E-state index contributed by atoms with van der Waals surface area (Å²) in [7, 11) is 3.31. The van der Waals surface area contributed by atoms with E-state index >= 15 is 0 Å². The van der Waals surface area contributed by atoms with Crippen molar-refractivity contribution in [1.82, 2.24) is 20.1 Å². The summed E-state index contributed by atoms with van der Waals surface area (Å²) < 4.78 is 6.97. The molecule has 0 atom stereocenters. The highest BCUT2D eigenvalue weighted by Crippen LogP contribution is 2.28. The molecule has 31 heavy (non-hydrogen) atoms. The minimum atomic E-state index is -0.233. The fourth-order valence-electron chi connectivity index (χ4n) is 2.77. The summed E-state index contributed by atoms with van der Waals surface area (Å²) in [6.45, 7) is 2.16. The van der Waals surface area contributed by atoms with Crippen LogP contribution in [0.5, 0.6) is 5.75 Å². The minimum Gasteiger partial charge on any atom is -0.495 e. The number of anilines is 1. The van der Waals surface area contributed by atoms with Crippen LogP contribution in [0.15, 0.2) is 47.6 Å². The number of aromatic nitrogens is 3. The van der Waals surface area contributed by atoms with Gasteiger partial charge in [0.25, 0.3) is 5.91 Å². The Hall–Kier alpha value is -3.04. The maximum Gasteiger partial charge on any atom is 0.251 e. The Balaban J connectivity index is 1.55. The van der Waals surface area contributed by atoms with E-state index in [4.69, 9.17) is 16.3 Å². The first-order chi connectivity index (χ1) is 14.9. The maximum absolute atomic E-state index is 12.3. The number of aryl methyl sites for hydroxylation is 1. The third-order valence-corrected chi connectivity index (χ3v) is 5.64. The van der Waals surface area contributed by atoms with E-state index in [9.17, 15) is 9.59 Å². The number of hydrogen-bond acceptors (Lipinski definition) is 6. The predicted molar refractivity (Wildman–Crippen MR) is 121 cm³/mol. The Morgan fingerprint density at radius 3 is 2.74 bits per heavy atom. The number of thioether (sulfide) groups is 1. The summed E-state index contributed by atoms with van der Waals surface area (Å²) in [4.78, 5) is 24.6. The Morgan fingerprint density at radius 2 is 2.00 bits per heavy atom. The van der Waals surface area contributed by atoms with E-state index in [0.717, 1.165) is 5.56 Å². The van der Waals surface area contributed by atoms with Crippen LogP contribution in [-0.2, 0) is 18.4 Å². The second-order valence-corrected chi connectivity index (χ2v) is 8.07. The van der Waals surface area contributed by atoms with Gasteiger partial charge in [0.2, 0.25) is 5.91 Å². The number of rotatable bonds is 8. The molecule has 10 heteroatoms. The second kappa shape index (κ2) is 10.3. The molecule has 0 saturated heterocycles. The van der Waals surface area contributed by atoms with E-state index in [-0.39, 0.29) is 24.1 Å². The van der Waals surface area contributed by atoms with Crippen molar-refractivity contribution in [2.24, 2.45) is 7.05 Å². The lowest BCUT2D eigenvalue weighted by Gasteiger charge is -2.10. The SMILES string of the molecule is COc1ccc(Cl)cc1NC(=O)CSc1nnc(CNC(=O)c2cccc(C)c2)n1C. The number of nitrogens with zero attached hydrogens (tertiary/aromatic N) is 3. The van der Waals surface area contributed by atoms with Crippen molar-refractivity contribution in [2.45, 2.75) is 18.6 Å². The number of amides is 2. The molecule has 0 unspecified atom stereocenters. The summed E-state index contributed by atoms with van der Waals surface area (Å²) >= 11 is 7.23. The van der Waals surface area contributed by atoms with Crippen molar-refractivity contribution >= 4 is 40.9 Å². The quantitative estimate of drug-likeness (QED) is 0.501. The highest BCUT2D eigenvalue weighted by molar-refractivity contribution is 7.99. The molecule has 8 nitrogen and oxygen atoms in total. The lowest BCUT2D eigenvalue weighted by Crippen LogP contribution is -2.24. The van der Waals surface area contributed by atoms with Crippen molar-refractivity contribution < 1.29 is 14.3 Å². The van der Waals surface area contributed by atoms with Crippen molar-refractivity contribution in [3.8, 4) is 5.75 Å². The third kappa shape index (κ3) is 5.99. The number of ether oxygens (including phenoxy) is 1. The molecular formula is C21H22ClN5O3S. The van der Waals surface area contributed by atoms with Crippen LogP contribution in [0.1, 0.15) is 21.7 Å². The number of methoxy groups -OCH3 is 1. The van der Waals surface area contributed by atoms with Gasteiger partial charge < -0.3 is 19.9 Å². The highest BCUT2D eigenvalue weighted by Gasteiger charge is 2.14. The van der Waals surface area contributed by atoms with E-state index in [1.807, 2.05) is 25.1 Å². The normalized spacial score (nSPS) is 10.6. The van der Waals surface area contributed by atoms with Gasteiger partial charge in [-0.25, -0.2) is 0 Å². The molecule has 0 aliphatic rings. The fraction of sp³-hybridized carbons (Fsp3) is 0.238. The molecule has 0 aliphatic carbocycles. The lowest BCUT2D eigenvalue weighted by atomic mass is 10.1. The zero-order chi connectivity index (χ0) is 22.4. The van der Waals surface area contributed by atoms with Gasteiger partial charge in [0.1, 0.15) is 5.75 Å². The molecule has 0 fully saturated rings. The number of halogens is 1. The summed E-state index contributed by atoms with van der Waals surface area (Å²) in [6, 6.07) is 12.3. The van der Waals surface area contributed by atoms with Crippen LogP contribution in [0.2, 0.25) is 5.02 Å². The van der Waals surface area contributed by atoms with Crippen molar-refractivity contribution in [3.63, 3.8) is 0 Å². The number of nitrogens with one attached hydrogen (secondary N) is 2. The van der Waals surface area contributed by atoms with Gasteiger partial charge in [-0.3, -0.25) is 9.59 Å². The molecule has 2 amide bonds. The van der Waals surface area contributed by atoms with Gasteiger partial charge in [-0.2, -0.15) is 0 Å². The van der Waals surface area contributed by atoms with Crippen LogP contribution >= 0.6 is 23.4 Å². The average Bonchev–Trinajstić information content (AvgIpc) is 3.10. The lowest BCUT2D eigenvalue weighted by molar-refractivity contribution is -0.113. The molecule has 2 N–H and O–H groups in total. The van der Waals surface area contributed by atoms with Gasteiger partial charge in [-0.1, -0.05) is 41.1 Å². The molecule has 1 aromatic heterocycles. The summed E-state index contributed by atoms with van der Waals surface area (Å²) in [5.41, 5.74) is 2.10. The zero-order valence-corrected chi connectivity index (χ0v) is 18.9. The Morgan fingerprint density at radius 1 is 1.19 bits per heavy atom. The molecule has 3 rings (SSSR count). The fourth-order valence-corrected chi connectivity index (χ4v) is 3.67. The van der Waals surface area contributed by atoms with E-state index in [1.165, 1.54) is 18.9 Å². The number of benzene rings is 2. The average molecular weight is 460 g/mol. The second-order valence-electron chi connectivity index (χ2n) is 6.69. The molecule has 0 spiro atoms. The first-order valence-electron chi connectivity index (χ1n) is 9.36. The van der Waals surface area contributed by atoms with Crippen molar-refractivity contribution in [2.75, 3.05) is 18.2 Å². The van der Waals surface area contributed by atoms with Gasteiger partial charge in [0.15, 0.2) is 11.0 Å². The smallest absolute Gasteiger partial charge is 0.251 e. The molecular weight excluding hydrogens is 438 g/mol. The molecule has 0 saturated carbocycles. The van der Waals surface area contributed by atoms with Crippen LogP contribution in [-0.4, -0.2) is 39.4 Å². The molecule has 1 heterocycles. The van der Waals surface area contributed by atoms with E-state index in [2.05, 4.69) is 20.8 Å². The maximum atomic E-state index is 12.3. The van der Waals surface area contributed by atoms with E-state index < -0.39 is 0 Å². The summed E-state index contributed by atoms with van der Waals surface area (Å²) in [5.74, 6) is 0.809. The van der Waals surface area contributed by atoms with Gasteiger partial charge in [-0.05, 0) is 37.3 Å². The Labute approximate surface area is 189 Å². The third-order valence-electron chi connectivity index (χ3n) is 4.38. The zero-order valence-electron chi connectivity index (χ0n) is 17.3. The first-order valence-corrected chi connectivity index (χ1v) is 10.7. The van der Waals surface area contributed by atoms with Crippen LogP contribution in [0.3, 0.4) is 0 Å². The van der Waals surface area contributed by atoms with Gasteiger partial charge in [0, 0.05) is 17.6 Å². The number of carbonyl (C=O) groups is 2. The number of carbonyl (C=O) groups excluding carboxylic acids is 2. The van der Waals surface area contributed by atoms with Crippen molar-refractivity contribution in [1.29, 1.82) is 0 Å². The van der Waals surface area contributed by atoms with Crippen molar-refractivity contribution in [3.05, 3.63) is 64.4 Å². The topological polar surface area (TPSA) is 98.1 Å². The molecule has 162 valence electrons. The van der Waals surface area contributed by atoms with Gasteiger partial charge in [-0.15, -0.1) is 10.2 Å². The monoisotopic (exact) mass is 459 g/mol. The Bertz CT molecular complexity index is 1100. The van der Waals surface area contributed by atoms with Gasteiger partial charge in [0.05, 0.1) is 25.1 Å². The minimum absolute atomic E-state index is 0.122. The molecule has 0 radical (unpaired) electrons. The van der Waals surface area contributed by atoms with Crippen LogP contribution in [0, 0.1) is 6.92 Å². The molecule has 2 aromatic carbocycles. The molecule has 3 aromatic rings. The van der Waals surface area contributed by atoms with E-state index in [1.54, 1.807) is 35.9 Å². The molecule has 0 bridgehead atoms. The highest BCUT2D eigenvalue weighted by atomic mass is 35.5. The predicted octanol–water partition coefficient (Wildman–Crippen LogP) is 3.45. The Kier molecular flexibility index (Phi) is 7.54. The summed E-state index contributed by atoms with van der Waals surface area (Å²) in [5, 5.41) is 14.9. The largest absolute Gasteiger partial charge is 0.495 e. The van der Waals surface area contributed by atoms with E-state index in [0.29, 0.717) is 33.0 Å². The van der Waals surface area contributed by atoms with Crippen LogP contribution < -0.4 is 15.4 Å². The van der Waals surface area contributed by atoms with Crippen LogP contribution in [0.25, 0.3) is 0 Å². The number of hydrogen-bond donors (Lipinski definition) is 2. The van der Waals surface area contributed by atoms with Crippen LogP contribution in [0.4, 0.5) is 5.69 Å². The molecule has 0 aliphatic heterocycles.